The SMILES string of the molecule is Cc1nc2cc(CCN)c(Br)cc2o1. The molecule has 1 aromatic heterocycles. The van der Waals surface area contributed by atoms with Crippen LogP contribution >= 0.6 is 15.9 Å². The summed E-state index contributed by atoms with van der Waals surface area (Å²) in [7, 11) is 0. The number of hydrogen-bond acceptors (Lipinski definition) is 3. The van der Waals surface area contributed by atoms with Crippen molar-refractivity contribution < 1.29 is 4.42 Å². The summed E-state index contributed by atoms with van der Waals surface area (Å²) in [4.78, 5) is 4.27. The monoisotopic (exact) mass is 254 g/mol. The molecule has 2 aromatic rings. The maximum Gasteiger partial charge on any atom is 0.192 e. The summed E-state index contributed by atoms with van der Waals surface area (Å²) in [5.74, 6) is 0.691. The lowest BCUT2D eigenvalue weighted by atomic mass is 10.1. The molecule has 0 aliphatic rings. The average Bonchev–Trinajstić information content (AvgIpc) is 2.45. The maximum absolute atomic E-state index is 5.51. The highest BCUT2D eigenvalue weighted by atomic mass is 79.9. The number of aromatic nitrogens is 1. The number of fused-ring (bicyclic) bond motifs is 1. The van der Waals surface area contributed by atoms with Crippen LogP contribution in [0.25, 0.3) is 11.1 Å². The normalized spacial score (nSPS) is 11.1. The Labute approximate surface area is 90.4 Å². The molecule has 0 aliphatic heterocycles. The van der Waals surface area contributed by atoms with E-state index < -0.39 is 0 Å². The van der Waals surface area contributed by atoms with Gasteiger partial charge in [-0.25, -0.2) is 4.98 Å². The van der Waals surface area contributed by atoms with Gasteiger partial charge in [0.25, 0.3) is 0 Å². The molecule has 0 atom stereocenters. The molecule has 3 nitrogen and oxygen atoms in total. The van der Waals surface area contributed by atoms with Gasteiger partial charge in [0.15, 0.2) is 11.5 Å². The van der Waals surface area contributed by atoms with Gasteiger partial charge < -0.3 is 10.2 Å². The maximum atomic E-state index is 5.51. The van der Waals surface area contributed by atoms with Gasteiger partial charge in [0.2, 0.25) is 0 Å². The Morgan fingerprint density at radius 3 is 3.00 bits per heavy atom. The van der Waals surface area contributed by atoms with Crippen molar-refractivity contribution in [1.29, 1.82) is 0 Å². The first kappa shape index (κ1) is 9.68. The summed E-state index contributed by atoms with van der Waals surface area (Å²) >= 11 is 3.48. The third kappa shape index (κ3) is 1.67. The van der Waals surface area contributed by atoms with E-state index in [4.69, 9.17) is 10.2 Å². The van der Waals surface area contributed by atoms with Crippen molar-refractivity contribution in [2.45, 2.75) is 13.3 Å². The van der Waals surface area contributed by atoms with Crippen LogP contribution in [0.4, 0.5) is 0 Å². The average molecular weight is 255 g/mol. The standard InChI is InChI=1S/C10H11BrN2O/c1-6-13-9-4-7(2-3-12)8(11)5-10(9)14-6/h4-5H,2-3,12H2,1H3. The second-order valence-corrected chi connectivity index (χ2v) is 4.04. The van der Waals surface area contributed by atoms with E-state index in [0.717, 1.165) is 22.0 Å². The van der Waals surface area contributed by atoms with Gasteiger partial charge in [0.05, 0.1) is 0 Å². The molecule has 0 saturated heterocycles. The Kier molecular flexibility index (Phi) is 2.56. The molecule has 0 saturated carbocycles. The van der Waals surface area contributed by atoms with Crippen LogP contribution in [-0.4, -0.2) is 11.5 Å². The first-order valence-electron chi connectivity index (χ1n) is 4.46. The topological polar surface area (TPSA) is 52.0 Å². The molecule has 0 spiro atoms. The number of nitrogens with zero attached hydrogens (tertiary/aromatic N) is 1. The highest BCUT2D eigenvalue weighted by Crippen LogP contribution is 2.25. The molecule has 1 heterocycles. The largest absolute Gasteiger partial charge is 0.441 e. The quantitative estimate of drug-likeness (QED) is 0.896. The molecule has 0 unspecified atom stereocenters. The number of oxazole rings is 1. The molecule has 74 valence electrons. The van der Waals surface area contributed by atoms with E-state index in [1.54, 1.807) is 0 Å². The Hall–Kier alpha value is -0.870. The van der Waals surface area contributed by atoms with Crippen LogP contribution in [0.3, 0.4) is 0 Å². The lowest BCUT2D eigenvalue weighted by molar-refractivity contribution is 0.561. The lowest BCUT2D eigenvalue weighted by Crippen LogP contribution is -2.03. The number of halogens is 1. The molecule has 14 heavy (non-hydrogen) atoms. The number of benzene rings is 1. The summed E-state index contributed by atoms with van der Waals surface area (Å²) in [6, 6.07) is 3.96. The minimum absolute atomic E-state index is 0.640. The van der Waals surface area contributed by atoms with E-state index in [1.807, 2.05) is 19.1 Å². The van der Waals surface area contributed by atoms with Crippen molar-refractivity contribution in [3.8, 4) is 0 Å². The zero-order valence-electron chi connectivity index (χ0n) is 7.88. The molecule has 2 N–H and O–H groups in total. The summed E-state index contributed by atoms with van der Waals surface area (Å²) < 4.78 is 6.44. The minimum atomic E-state index is 0.640. The van der Waals surface area contributed by atoms with E-state index in [0.29, 0.717) is 12.4 Å². The Morgan fingerprint density at radius 2 is 2.29 bits per heavy atom. The van der Waals surface area contributed by atoms with E-state index in [-0.39, 0.29) is 0 Å². The van der Waals surface area contributed by atoms with Gasteiger partial charge in [-0.15, -0.1) is 0 Å². The van der Waals surface area contributed by atoms with Crippen LogP contribution in [0.5, 0.6) is 0 Å². The van der Waals surface area contributed by atoms with Gasteiger partial charge >= 0.3 is 0 Å². The fourth-order valence-electron chi connectivity index (χ4n) is 1.45. The molecule has 4 heteroatoms. The van der Waals surface area contributed by atoms with Crippen LogP contribution in [0.15, 0.2) is 21.0 Å². The van der Waals surface area contributed by atoms with Gasteiger partial charge in [-0.1, -0.05) is 15.9 Å². The van der Waals surface area contributed by atoms with Gasteiger partial charge in [0, 0.05) is 11.4 Å². The highest BCUT2D eigenvalue weighted by Gasteiger charge is 2.06. The van der Waals surface area contributed by atoms with E-state index in [9.17, 15) is 0 Å². The summed E-state index contributed by atoms with van der Waals surface area (Å²) in [6.45, 7) is 2.48. The zero-order valence-corrected chi connectivity index (χ0v) is 9.47. The first-order chi connectivity index (χ1) is 6.70. The molecule has 0 bridgehead atoms. The molecule has 0 fully saturated rings. The number of rotatable bonds is 2. The van der Waals surface area contributed by atoms with Crippen molar-refractivity contribution in [3.63, 3.8) is 0 Å². The minimum Gasteiger partial charge on any atom is -0.441 e. The van der Waals surface area contributed by atoms with Crippen molar-refractivity contribution in [1.82, 2.24) is 4.98 Å². The number of nitrogens with two attached hydrogens (primary N) is 1. The van der Waals surface area contributed by atoms with Crippen LogP contribution < -0.4 is 5.73 Å². The molecule has 1 aromatic carbocycles. The lowest BCUT2D eigenvalue weighted by Gasteiger charge is -2.00. The van der Waals surface area contributed by atoms with Crippen molar-refractivity contribution in [3.05, 3.63) is 28.1 Å². The third-order valence-corrected chi connectivity index (χ3v) is 2.82. The van der Waals surface area contributed by atoms with Crippen LogP contribution in [0, 0.1) is 6.92 Å². The van der Waals surface area contributed by atoms with Gasteiger partial charge in [0.1, 0.15) is 5.52 Å². The number of aryl methyl sites for hydroxylation is 1. The van der Waals surface area contributed by atoms with Crippen molar-refractivity contribution in [2.24, 2.45) is 5.73 Å². The van der Waals surface area contributed by atoms with Crippen LogP contribution in [0.2, 0.25) is 0 Å². The van der Waals surface area contributed by atoms with Crippen LogP contribution in [0.1, 0.15) is 11.5 Å². The zero-order chi connectivity index (χ0) is 10.1. The first-order valence-corrected chi connectivity index (χ1v) is 5.25. The predicted octanol–water partition coefficient (Wildman–Crippen LogP) is 2.40. The molecular weight excluding hydrogens is 244 g/mol. The smallest absolute Gasteiger partial charge is 0.192 e. The summed E-state index contributed by atoms with van der Waals surface area (Å²) in [6.07, 6.45) is 0.850. The fraction of sp³-hybridized carbons (Fsp3) is 0.300. The van der Waals surface area contributed by atoms with Crippen molar-refractivity contribution in [2.75, 3.05) is 6.54 Å². The van der Waals surface area contributed by atoms with Crippen molar-refractivity contribution >= 4 is 27.0 Å². The molecule has 0 aliphatic carbocycles. The fourth-order valence-corrected chi connectivity index (χ4v) is 1.98. The second-order valence-electron chi connectivity index (χ2n) is 3.18. The Morgan fingerprint density at radius 1 is 1.50 bits per heavy atom. The second kappa shape index (κ2) is 3.71. The molecule has 2 rings (SSSR count). The molecule has 0 amide bonds. The van der Waals surface area contributed by atoms with Gasteiger partial charge in [-0.3, -0.25) is 0 Å². The summed E-state index contributed by atoms with van der Waals surface area (Å²) in [5, 5.41) is 0. The number of hydrogen-bond donors (Lipinski definition) is 1. The highest BCUT2D eigenvalue weighted by molar-refractivity contribution is 9.10. The third-order valence-electron chi connectivity index (χ3n) is 2.08. The van der Waals surface area contributed by atoms with E-state index in [2.05, 4.69) is 20.9 Å². The molecular formula is C10H11BrN2O. The Balaban J connectivity index is 2.58. The Bertz CT molecular complexity index is 464. The van der Waals surface area contributed by atoms with E-state index >= 15 is 0 Å². The predicted molar refractivity (Wildman–Crippen MR) is 59.2 cm³/mol. The molecule has 0 radical (unpaired) electrons. The van der Waals surface area contributed by atoms with Crippen LogP contribution in [-0.2, 0) is 6.42 Å². The summed E-state index contributed by atoms with van der Waals surface area (Å²) in [5.41, 5.74) is 8.40. The van der Waals surface area contributed by atoms with Gasteiger partial charge in [-0.2, -0.15) is 0 Å². The van der Waals surface area contributed by atoms with Gasteiger partial charge in [-0.05, 0) is 30.7 Å². The van der Waals surface area contributed by atoms with E-state index in [1.165, 1.54) is 5.56 Å².